The number of benzene rings is 2. The van der Waals surface area contributed by atoms with Crippen LogP contribution in [0.1, 0.15) is 12.0 Å². The second-order valence-electron chi connectivity index (χ2n) is 6.19. The average Bonchev–Trinajstić information content (AvgIpc) is 2.66. The molecule has 2 aromatic rings. The van der Waals surface area contributed by atoms with Gasteiger partial charge in [-0.3, -0.25) is 9.59 Å². The molecular weight excluding hydrogens is 314 g/mol. The molecule has 1 heterocycles. The number of amides is 2. The van der Waals surface area contributed by atoms with Crippen molar-refractivity contribution >= 4 is 22.6 Å². The molecule has 1 aliphatic heterocycles. The highest BCUT2D eigenvalue weighted by molar-refractivity contribution is 5.91. The van der Waals surface area contributed by atoms with Crippen molar-refractivity contribution in [1.29, 1.82) is 0 Å². The lowest BCUT2D eigenvalue weighted by Crippen LogP contribution is -2.38. The van der Waals surface area contributed by atoms with Gasteiger partial charge in [0.25, 0.3) is 0 Å². The molecule has 5 nitrogen and oxygen atoms in total. The number of carbonyl (C=O) groups excluding carboxylic acids is 2. The zero-order valence-corrected chi connectivity index (χ0v) is 14.2. The molecule has 130 valence electrons. The van der Waals surface area contributed by atoms with Crippen LogP contribution >= 0.6 is 0 Å². The fourth-order valence-corrected chi connectivity index (χ4v) is 2.97. The van der Waals surface area contributed by atoms with Crippen LogP contribution in [0.4, 0.5) is 0 Å². The first kappa shape index (κ1) is 17.2. The summed E-state index contributed by atoms with van der Waals surface area (Å²) in [4.78, 5) is 24.0. The van der Waals surface area contributed by atoms with Crippen LogP contribution in [0.5, 0.6) is 0 Å². The first-order valence-corrected chi connectivity index (χ1v) is 8.61. The number of rotatable bonds is 6. The Labute approximate surface area is 147 Å². The van der Waals surface area contributed by atoms with Gasteiger partial charge in [-0.15, -0.1) is 0 Å². The molecule has 0 spiro atoms. The zero-order chi connectivity index (χ0) is 17.5. The fraction of sp³-hybridized carbons (Fsp3) is 0.300. The number of hydrogen-bond donors (Lipinski definition) is 3. The Bertz CT molecular complexity index is 793. The maximum atomic E-state index is 12.2. The second-order valence-corrected chi connectivity index (χ2v) is 6.19. The quantitative estimate of drug-likeness (QED) is 0.700. The van der Waals surface area contributed by atoms with E-state index in [0.717, 1.165) is 35.8 Å². The highest BCUT2D eigenvalue weighted by Gasteiger charge is 2.09. The first-order valence-electron chi connectivity index (χ1n) is 8.61. The summed E-state index contributed by atoms with van der Waals surface area (Å²) < 4.78 is 0. The van der Waals surface area contributed by atoms with Crippen molar-refractivity contribution in [1.82, 2.24) is 16.0 Å². The molecule has 0 atom stereocenters. The minimum Gasteiger partial charge on any atom is -0.351 e. The zero-order valence-electron chi connectivity index (χ0n) is 14.2. The molecule has 5 heteroatoms. The Kier molecular flexibility index (Phi) is 5.80. The summed E-state index contributed by atoms with van der Waals surface area (Å²) in [7, 11) is 0. The molecule has 0 aliphatic carbocycles. The highest BCUT2D eigenvalue weighted by atomic mass is 16.2. The highest BCUT2D eigenvalue weighted by Crippen LogP contribution is 2.18. The molecule has 0 bridgehead atoms. The van der Waals surface area contributed by atoms with Gasteiger partial charge in [0.05, 0.1) is 13.0 Å². The summed E-state index contributed by atoms with van der Waals surface area (Å²) in [5.74, 6) is -0.307. The van der Waals surface area contributed by atoms with Gasteiger partial charge < -0.3 is 16.0 Å². The molecule has 0 radical (unpaired) electrons. The van der Waals surface area contributed by atoms with Crippen molar-refractivity contribution in [3.63, 3.8) is 0 Å². The van der Waals surface area contributed by atoms with E-state index in [1.807, 2.05) is 42.5 Å². The average molecular weight is 337 g/mol. The van der Waals surface area contributed by atoms with E-state index >= 15 is 0 Å². The van der Waals surface area contributed by atoms with Crippen LogP contribution in [-0.4, -0.2) is 38.0 Å². The molecule has 2 aromatic carbocycles. The van der Waals surface area contributed by atoms with Crippen molar-refractivity contribution in [2.75, 3.05) is 26.2 Å². The molecular formula is C20H23N3O2. The summed E-state index contributed by atoms with van der Waals surface area (Å²) in [6.07, 6.45) is 3.32. The molecule has 0 saturated heterocycles. The lowest BCUT2D eigenvalue weighted by Gasteiger charge is -2.14. The van der Waals surface area contributed by atoms with Crippen molar-refractivity contribution < 1.29 is 9.59 Å². The molecule has 0 fully saturated rings. The monoisotopic (exact) mass is 337 g/mol. The van der Waals surface area contributed by atoms with Gasteiger partial charge in [0, 0.05) is 13.1 Å². The predicted molar refractivity (Wildman–Crippen MR) is 99.2 cm³/mol. The molecule has 0 saturated carbocycles. The van der Waals surface area contributed by atoms with Crippen molar-refractivity contribution in [2.24, 2.45) is 0 Å². The van der Waals surface area contributed by atoms with Crippen LogP contribution in [0.3, 0.4) is 0 Å². The van der Waals surface area contributed by atoms with Gasteiger partial charge in [0.1, 0.15) is 0 Å². The Morgan fingerprint density at radius 1 is 1.00 bits per heavy atom. The Morgan fingerprint density at radius 3 is 2.68 bits per heavy atom. The minimum absolute atomic E-state index is 0.00906. The summed E-state index contributed by atoms with van der Waals surface area (Å²) >= 11 is 0. The molecule has 3 rings (SSSR count). The van der Waals surface area contributed by atoms with Crippen LogP contribution in [0.2, 0.25) is 0 Å². The van der Waals surface area contributed by atoms with Gasteiger partial charge in [0.2, 0.25) is 11.8 Å². The minimum atomic E-state index is -0.161. The van der Waals surface area contributed by atoms with E-state index in [-0.39, 0.29) is 24.8 Å². The largest absolute Gasteiger partial charge is 0.351 e. The topological polar surface area (TPSA) is 70.2 Å². The molecule has 1 aliphatic rings. The first-order chi connectivity index (χ1) is 12.2. The standard InChI is InChI=1S/C20H23N3O2/c24-19(12-17-6-3-5-16-4-1-2-7-18(16)17)23-14-20(25)22-13-15-8-10-21-11-9-15/h1-8,21H,9-14H2,(H,22,25)(H,23,24). The summed E-state index contributed by atoms with van der Waals surface area (Å²) in [5, 5.41) is 11.0. The van der Waals surface area contributed by atoms with E-state index in [2.05, 4.69) is 22.0 Å². The van der Waals surface area contributed by atoms with Crippen LogP contribution in [0.15, 0.2) is 54.1 Å². The third kappa shape index (κ3) is 4.90. The van der Waals surface area contributed by atoms with Gasteiger partial charge in [-0.1, -0.05) is 54.1 Å². The van der Waals surface area contributed by atoms with E-state index in [1.54, 1.807) is 0 Å². The third-order valence-corrected chi connectivity index (χ3v) is 4.35. The van der Waals surface area contributed by atoms with Crippen molar-refractivity contribution in [3.8, 4) is 0 Å². The summed E-state index contributed by atoms with van der Waals surface area (Å²) in [6.45, 7) is 2.37. The summed E-state index contributed by atoms with van der Waals surface area (Å²) in [6, 6.07) is 13.9. The van der Waals surface area contributed by atoms with Gasteiger partial charge in [0.15, 0.2) is 0 Å². The molecule has 0 unspecified atom stereocenters. The van der Waals surface area contributed by atoms with Crippen molar-refractivity contribution in [2.45, 2.75) is 12.8 Å². The van der Waals surface area contributed by atoms with Gasteiger partial charge in [-0.25, -0.2) is 0 Å². The SMILES string of the molecule is O=C(CNC(=O)Cc1cccc2ccccc12)NCC1=CCNCC1. The third-order valence-electron chi connectivity index (χ3n) is 4.35. The van der Waals surface area contributed by atoms with E-state index in [1.165, 1.54) is 5.57 Å². The van der Waals surface area contributed by atoms with E-state index in [0.29, 0.717) is 6.54 Å². The Hall–Kier alpha value is -2.66. The van der Waals surface area contributed by atoms with E-state index in [9.17, 15) is 9.59 Å². The lowest BCUT2D eigenvalue weighted by molar-refractivity contribution is -0.125. The molecule has 2 amide bonds. The number of hydrogen-bond acceptors (Lipinski definition) is 3. The molecule has 3 N–H and O–H groups in total. The van der Waals surface area contributed by atoms with Crippen LogP contribution < -0.4 is 16.0 Å². The smallest absolute Gasteiger partial charge is 0.239 e. The fourth-order valence-electron chi connectivity index (χ4n) is 2.97. The lowest BCUT2D eigenvalue weighted by atomic mass is 10.0. The van der Waals surface area contributed by atoms with Gasteiger partial charge in [-0.2, -0.15) is 0 Å². The Morgan fingerprint density at radius 2 is 1.84 bits per heavy atom. The van der Waals surface area contributed by atoms with E-state index < -0.39 is 0 Å². The normalized spacial score (nSPS) is 14.0. The van der Waals surface area contributed by atoms with Crippen molar-refractivity contribution in [3.05, 3.63) is 59.7 Å². The van der Waals surface area contributed by atoms with Crippen LogP contribution in [-0.2, 0) is 16.0 Å². The van der Waals surface area contributed by atoms with Crippen LogP contribution in [0.25, 0.3) is 10.8 Å². The van der Waals surface area contributed by atoms with Gasteiger partial charge in [-0.05, 0) is 29.3 Å². The van der Waals surface area contributed by atoms with Gasteiger partial charge >= 0.3 is 0 Å². The molecule has 0 aromatic heterocycles. The number of nitrogens with one attached hydrogen (secondary N) is 3. The van der Waals surface area contributed by atoms with E-state index in [4.69, 9.17) is 0 Å². The number of fused-ring (bicyclic) bond motifs is 1. The maximum Gasteiger partial charge on any atom is 0.239 e. The Balaban J connectivity index is 1.47. The van der Waals surface area contributed by atoms with Crippen LogP contribution in [0, 0.1) is 0 Å². The predicted octanol–water partition coefficient (Wildman–Crippen LogP) is 1.53. The summed E-state index contributed by atoms with van der Waals surface area (Å²) in [5.41, 5.74) is 2.20. The second kappa shape index (κ2) is 8.44. The maximum absolute atomic E-state index is 12.2. The number of carbonyl (C=O) groups is 2. The molecule has 25 heavy (non-hydrogen) atoms.